The molecule has 1 aromatic heterocycles. The van der Waals surface area contributed by atoms with Gasteiger partial charge in [0.2, 0.25) is 0 Å². The van der Waals surface area contributed by atoms with E-state index in [1.54, 1.807) is 11.4 Å². The molecule has 3 rings (SSSR count). The van der Waals surface area contributed by atoms with Crippen LogP contribution in [-0.4, -0.2) is 21.9 Å². The quantitative estimate of drug-likeness (QED) is 0.391. The number of thiophene rings is 1. The van der Waals surface area contributed by atoms with Crippen LogP contribution < -0.4 is 5.32 Å². The van der Waals surface area contributed by atoms with Gasteiger partial charge in [0.15, 0.2) is 11.5 Å². The highest BCUT2D eigenvalue weighted by Gasteiger charge is 2.19. The molecule has 1 amide bonds. The van der Waals surface area contributed by atoms with Crippen LogP contribution in [0.2, 0.25) is 0 Å². The summed E-state index contributed by atoms with van der Waals surface area (Å²) in [5.74, 6) is -1.81. The second-order valence-corrected chi connectivity index (χ2v) is 5.89. The Kier molecular flexibility index (Phi) is 3.99. The number of aromatic hydroxyl groups is 2. The zero-order valence-electron chi connectivity index (χ0n) is 11.9. The van der Waals surface area contributed by atoms with E-state index >= 15 is 0 Å². The fraction of sp³-hybridized carbons (Fsp3) is 0.0588. The molecule has 0 radical (unpaired) electrons. The van der Waals surface area contributed by atoms with Gasteiger partial charge in [0.1, 0.15) is 0 Å². The normalized spacial score (nSPS) is 10.6. The van der Waals surface area contributed by atoms with E-state index in [2.05, 4.69) is 5.32 Å². The van der Waals surface area contributed by atoms with Crippen molar-refractivity contribution in [1.82, 2.24) is 5.32 Å². The number of carbonyl (C=O) groups excluding carboxylic acids is 2. The van der Waals surface area contributed by atoms with Gasteiger partial charge >= 0.3 is 0 Å². The van der Waals surface area contributed by atoms with Crippen molar-refractivity contribution in [2.75, 3.05) is 0 Å². The SMILES string of the molecule is O=C(NCc1ccc(O)c(O)c1)C(=O)c1csc2ccccc12. The molecule has 0 atom stereocenters. The summed E-state index contributed by atoms with van der Waals surface area (Å²) in [6.07, 6.45) is 0. The molecule has 116 valence electrons. The summed E-state index contributed by atoms with van der Waals surface area (Å²) in [6.45, 7) is 0.0838. The van der Waals surface area contributed by atoms with Crippen LogP contribution in [0.15, 0.2) is 47.8 Å². The lowest BCUT2D eigenvalue weighted by Gasteiger charge is -2.06. The molecule has 0 aliphatic heterocycles. The van der Waals surface area contributed by atoms with Crippen molar-refractivity contribution < 1.29 is 19.8 Å². The molecule has 0 aliphatic carbocycles. The van der Waals surface area contributed by atoms with Gasteiger partial charge in [0.05, 0.1) is 0 Å². The van der Waals surface area contributed by atoms with Gasteiger partial charge in [-0.25, -0.2) is 0 Å². The minimum absolute atomic E-state index is 0.0838. The Bertz CT molecular complexity index is 900. The Morgan fingerprint density at radius 3 is 2.61 bits per heavy atom. The van der Waals surface area contributed by atoms with Gasteiger partial charge in [-0.2, -0.15) is 0 Å². The average Bonchev–Trinajstić information content (AvgIpc) is 2.99. The van der Waals surface area contributed by atoms with Crippen molar-refractivity contribution in [3.8, 4) is 11.5 Å². The van der Waals surface area contributed by atoms with E-state index in [1.807, 2.05) is 24.3 Å². The second-order valence-electron chi connectivity index (χ2n) is 4.98. The number of fused-ring (bicyclic) bond motifs is 1. The molecule has 5 nitrogen and oxygen atoms in total. The fourth-order valence-electron chi connectivity index (χ4n) is 2.22. The molecule has 0 saturated carbocycles. The number of hydrogen-bond acceptors (Lipinski definition) is 5. The molecule has 3 aromatic rings. The number of phenolic OH excluding ortho intramolecular Hbond substituents is 2. The molecule has 0 aliphatic rings. The molecule has 0 spiro atoms. The fourth-order valence-corrected chi connectivity index (χ4v) is 3.16. The van der Waals surface area contributed by atoms with E-state index in [0.29, 0.717) is 11.1 Å². The first kappa shape index (κ1) is 15.1. The van der Waals surface area contributed by atoms with Gasteiger partial charge in [-0.1, -0.05) is 24.3 Å². The number of phenols is 2. The maximum absolute atomic E-state index is 12.3. The summed E-state index contributed by atoms with van der Waals surface area (Å²) in [4.78, 5) is 24.3. The predicted molar refractivity (Wildman–Crippen MR) is 87.8 cm³/mol. The van der Waals surface area contributed by atoms with E-state index in [-0.39, 0.29) is 18.0 Å². The zero-order valence-corrected chi connectivity index (χ0v) is 12.8. The molecule has 0 unspecified atom stereocenters. The first-order valence-corrected chi connectivity index (χ1v) is 7.74. The smallest absolute Gasteiger partial charge is 0.292 e. The number of carbonyl (C=O) groups is 2. The number of hydrogen-bond donors (Lipinski definition) is 3. The molecule has 23 heavy (non-hydrogen) atoms. The van der Waals surface area contributed by atoms with Crippen LogP contribution in [-0.2, 0) is 11.3 Å². The monoisotopic (exact) mass is 327 g/mol. The second kappa shape index (κ2) is 6.10. The van der Waals surface area contributed by atoms with Crippen LogP contribution in [0.5, 0.6) is 11.5 Å². The summed E-state index contributed by atoms with van der Waals surface area (Å²) < 4.78 is 0.951. The van der Waals surface area contributed by atoms with Crippen LogP contribution >= 0.6 is 11.3 Å². The lowest BCUT2D eigenvalue weighted by atomic mass is 10.1. The van der Waals surface area contributed by atoms with Crippen LogP contribution in [0.3, 0.4) is 0 Å². The standard InChI is InChI=1S/C17H13NO4S/c19-13-6-5-10(7-14(13)20)8-18-17(22)16(21)12-9-23-15-4-2-1-3-11(12)15/h1-7,9,19-20H,8H2,(H,18,22). The predicted octanol–water partition coefficient (Wildman–Crippen LogP) is 2.81. The first-order chi connectivity index (χ1) is 11.1. The Hall–Kier alpha value is -2.86. The topological polar surface area (TPSA) is 86.6 Å². The summed E-state index contributed by atoms with van der Waals surface area (Å²) in [7, 11) is 0. The molecule has 3 N–H and O–H groups in total. The first-order valence-electron chi connectivity index (χ1n) is 6.86. The van der Waals surface area contributed by atoms with Crippen LogP contribution in [0, 0.1) is 0 Å². The van der Waals surface area contributed by atoms with Gasteiger partial charge in [0, 0.05) is 27.6 Å². The van der Waals surface area contributed by atoms with E-state index in [4.69, 9.17) is 0 Å². The highest BCUT2D eigenvalue weighted by molar-refractivity contribution is 7.17. The third kappa shape index (κ3) is 3.02. The third-order valence-corrected chi connectivity index (χ3v) is 4.39. The molecular weight excluding hydrogens is 314 g/mol. The van der Waals surface area contributed by atoms with Crippen molar-refractivity contribution in [2.24, 2.45) is 0 Å². The van der Waals surface area contributed by atoms with Gasteiger partial charge in [-0.15, -0.1) is 11.3 Å². The summed E-state index contributed by atoms with van der Waals surface area (Å²) in [5, 5.41) is 23.6. The van der Waals surface area contributed by atoms with Gasteiger partial charge in [0.25, 0.3) is 11.7 Å². The summed E-state index contributed by atoms with van der Waals surface area (Å²) >= 11 is 1.42. The lowest BCUT2D eigenvalue weighted by molar-refractivity contribution is -0.117. The zero-order chi connectivity index (χ0) is 16.4. The lowest BCUT2D eigenvalue weighted by Crippen LogP contribution is -2.30. The van der Waals surface area contributed by atoms with Gasteiger partial charge in [-0.3, -0.25) is 9.59 Å². The minimum Gasteiger partial charge on any atom is -0.504 e. The van der Waals surface area contributed by atoms with Crippen molar-refractivity contribution in [3.05, 3.63) is 59.0 Å². The molecular formula is C17H13NO4S. The van der Waals surface area contributed by atoms with Crippen LogP contribution in [0.1, 0.15) is 15.9 Å². The van der Waals surface area contributed by atoms with Gasteiger partial charge in [-0.05, 0) is 23.8 Å². The Morgan fingerprint density at radius 1 is 1.04 bits per heavy atom. The number of rotatable bonds is 4. The maximum atomic E-state index is 12.3. The summed E-state index contributed by atoms with van der Waals surface area (Å²) in [5.41, 5.74) is 0.966. The number of Topliss-reactive ketones (excluding diaryl/α,β-unsaturated/α-hetero) is 1. The van der Waals surface area contributed by atoms with Crippen molar-refractivity contribution in [1.29, 1.82) is 0 Å². The van der Waals surface area contributed by atoms with Crippen molar-refractivity contribution >= 4 is 33.1 Å². The van der Waals surface area contributed by atoms with Crippen molar-refractivity contribution in [3.63, 3.8) is 0 Å². The van der Waals surface area contributed by atoms with E-state index in [0.717, 1.165) is 10.1 Å². The summed E-state index contributed by atoms with van der Waals surface area (Å²) in [6, 6.07) is 11.6. The molecule has 0 fully saturated rings. The molecule has 0 bridgehead atoms. The third-order valence-electron chi connectivity index (χ3n) is 3.42. The highest BCUT2D eigenvalue weighted by Crippen LogP contribution is 2.26. The van der Waals surface area contributed by atoms with E-state index < -0.39 is 11.7 Å². The van der Waals surface area contributed by atoms with Crippen LogP contribution in [0.4, 0.5) is 0 Å². The molecule has 0 saturated heterocycles. The Morgan fingerprint density at radius 2 is 1.83 bits per heavy atom. The number of amides is 1. The maximum Gasteiger partial charge on any atom is 0.292 e. The largest absolute Gasteiger partial charge is 0.504 e. The average molecular weight is 327 g/mol. The van der Waals surface area contributed by atoms with Gasteiger partial charge < -0.3 is 15.5 Å². The minimum atomic E-state index is -0.707. The van der Waals surface area contributed by atoms with Crippen molar-refractivity contribution in [2.45, 2.75) is 6.54 Å². The number of ketones is 1. The Balaban J connectivity index is 1.72. The Labute approximate surface area is 135 Å². The molecule has 1 heterocycles. The number of nitrogens with one attached hydrogen (secondary N) is 1. The van der Waals surface area contributed by atoms with E-state index in [9.17, 15) is 19.8 Å². The highest BCUT2D eigenvalue weighted by atomic mass is 32.1. The molecule has 6 heteroatoms. The van der Waals surface area contributed by atoms with E-state index in [1.165, 1.54) is 23.5 Å². The van der Waals surface area contributed by atoms with Crippen LogP contribution in [0.25, 0.3) is 10.1 Å². The number of benzene rings is 2. The molecule has 2 aromatic carbocycles.